The average Bonchev–Trinajstić information content (AvgIpc) is 3.10. The highest BCUT2D eigenvalue weighted by Gasteiger charge is 2.02. The van der Waals surface area contributed by atoms with Gasteiger partial charge in [0.2, 0.25) is 0 Å². The first-order valence-electron chi connectivity index (χ1n) is 8.84. The number of aliphatic imine (C=N–C) groups is 1. The third-order valence-corrected chi connectivity index (χ3v) is 3.62. The van der Waals surface area contributed by atoms with Crippen molar-refractivity contribution in [3.05, 3.63) is 48.0 Å². The molecule has 2 rings (SSSR count). The first-order valence-corrected chi connectivity index (χ1v) is 8.84. The van der Waals surface area contributed by atoms with Crippen LogP contribution in [0.5, 0.6) is 0 Å². The van der Waals surface area contributed by atoms with Crippen LogP contribution in [0.25, 0.3) is 0 Å². The summed E-state index contributed by atoms with van der Waals surface area (Å²) in [6, 6.07) is 10.2. The zero-order chi connectivity index (χ0) is 17.7. The quantitative estimate of drug-likeness (QED) is 0.240. The predicted molar refractivity (Wildman–Crippen MR) is 115 cm³/mol. The van der Waals surface area contributed by atoms with E-state index in [0.717, 1.165) is 37.8 Å². The van der Waals surface area contributed by atoms with Gasteiger partial charge in [0.25, 0.3) is 0 Å². The summed E-state index contributed by atoms with van der Waals surface area (Å²) < 4.78 is 7.71. The summed E-state index contributed by atoms with van der Waals surface area (Å²) in [4.78, 5) is 4.53. The van der Waals surface area contributed by atoms with E-state index in [1.54, 1.807) is 6.33 Å². The van der Waals surface area contributed by atoms with E-state index in [1.807, 2.05) is 18.2 Å². The van der Waals surface area contributed by atoms with Gasteiger partial charge in [-0.15, -0.1) is 34.2 Å². The Labute approximate surface area is 172 Å². The zero-order valence-electron chi connectivity index (χ0n) is 15.5. The van der Waals surface area contributed by atoms with Crippen LogP contribution < -0.4 is 10.6 Å². The molecule has 0 aliphatic carbocycles. The van der Waals surface area contributed by atoms with Crippen LogP contribution in [0, 0.1) is 0 Å². The maximum absolute atomic E-state index is 5.66. The van der Waals surface area contributed by atoms with Gasteiger partial charge in [0.05, 0.1) is 19.8 Å². The van der Waals surface area contributed by atoms with Gasteiger partial charge in [-0.1, -0.05) is 37.3 Å². The fraction of sp³-hybridized carbons (Fsp3) is 0.500. The second kappa shape index (κ2) is 13.5. The van der Waals surface area contributed by atoms with Crippen LogP contribution in [0.3, 0.4) is 0 Å². The second-order valence-corrected chi connectivity index (χ2v) is 5.52. The van der Waals surface area contributed by atoms with E-state index in [2.05, 4.69) is 56.4 Å². The van der Waals surface area contributed by atoms with Crippen molar-refractivity contribution in [2.45, 2.75) is 33.4 Å². The van der Waals surface area contributed by atoms with E-state index in [4.69, 9.17) is 4.74 Å². The SMILES string of the molecule is CCNC(=NCCOCc1ccccc1)NCCn1cnnc1CC.I. The molecule has 8 heteroatoms. The molecule has 0 atom stereocenters. The molecule has 2 N–H and O–H groups in total. The number of benzene rings is 1. The Morgan fingerprint density at radius 2 is 2.00 bits per heavy atom. The molecular weight excluding hydrogens is 443 g/mol. The predicted octanol–water partition coefficient (Wildman–Crippen LogP) is 2.23. The highest BCUT2D eigenvalue weighted by Crippen LogP contribution is 2.00. The monoisotopic (exact) mass is 472 g/mol. The van der Waals surface area contributed by atoms with Crippen molar-refractivity contribution in [3.63, 3.8) is 0 Å². The van der Waals surface area contributed by atoms with E-state index in [1.165, 1.54) is 5.56 Å². The Bertz CT molecular complexity index is 632. The number of halogens is 1. The fourth-order valence-electron chi connectivity index (χ4n) is 2.36. The lowest BCUT2D eigenvalue weighted by atomic mass is 10.2. The van der Waals surface area contributed by atoms with Gasteiger partial charge in [-0.25, -0.2) is 0 Å². The minimum atomic E-state index is 0. The van der Waals surface area contributed by atoms with Gasteiger partial charge < -0.3 is 19.9 Å². The number of hydrogen-bond donors (Lipinski definition) is 2. The van der Waals surface area contributed by atoms with Crippen molar-refractivity contribution in [3.8, 4) is 0 Å². The van der Waals surface area contributed by atoms with Crippen molar-refractivity contribution < 1.29 is 4.74 Å². The van der Waals surface area contributed by atoms with E-state index in [9.17, 15) is 0 Å². The topological polar surface area (TPSA) is 76.4 Å². The molecule has 0 amide bonds. The first-order chi connectivity index (χ1) is 12.3. The van der Waals surface area contributed by atoms with E-state index in [0.29, 0.717) is 19.8 Å². The first kappa shape index (κ1) is 22.4. The number of aromatic nitrogens is 3. The van der Waals surface area contributed by atoms with Crippen LogP contribution in [0.4, 0.5) is 0 Å². The largest absolute Gasteiger partial charge is 0.375 e. The molecular formula is C18H29IN6O. The van der Waals surface area contributed by atoms with Crippen molar-refractivity contribution in [1.29, 1.82) is 0 Å². The molecule has 1 aromatic carbocycles. The Morgan fingerprint density at radius 3 is 2.73 bits per heavy atom. The highest BCUT2D eigenvalue weighted by atomic mass is 127. The van der Waals surface area contributed by atoms with Crippen LogP contribution in [0.15, 0.2) is 41.7 Å². The number of hydrogen-bond acceptors (Lipinski definition) is 4. The summed E-state index contributed by atoms with van der Waals surface area (Å²) in [5, 5.41) is 14.6. The van der Waals surface area contributed by atoms with Gasteiger partial charge >= 0.3 is 0 Å². The molecule has 7 nitrogen and oxygen atoms in total. The summed E-state index contributed by atoms with van der Waals surface area (Å²) in [6.45, 7) is 8.36. The van der Waals surface area contributed by atoms with E-state index < -0.39 is 0 Å². The van der Waals surface area contributed by atoms with Gasteiger partial charge in [-0.3, -0.25) is 4.99 Å². The molecule has 0 bridgehead atoms. The molecule has 0 spiro atoms. The van der Waals surface area contributed by atoms with Gasteiger partial charge in [0, 0.05) is 26.1 Å². The molecule has 0 aliphatic heterocycles. The smallest absolute Gasteiger partial charge is 0.191 e. The third kappa shape index (κ3) is 8.13. The Kier molecular flexibility index (Phi) is 11.6. The number of ether oxygens (including phenoxy) is 1. The van der Waals surface area contributed by atoms with Crippen molar-refractivity contribution in [2.75, 3.05) is 26.2 Å². The molecule has 1 heterocycles. The summed E-state index contributed by atoms with van der Waals surface area (Å²) >= 11 is 0. The molecule has 0 saturated heterocycles. The van der Waals surface area contributed by atoms with Crippen molar-refractivity contribution in [2.24, 2.45) is 4.99 Å². The summed E-state index contributed by atoms with van der Waals surface area (Å²) in [5.41, 5.74) is 1.18. The van der Waals surface area contributed by atoms with Gasteiger partial charge in [-0.05, 0) is 12.5 Å². The number of rotatable bonds is 10. The van der Waals surface area contributed by atoms with Crippen molar-refractivity contribution >= 4 is 29.9 Å². The summed E-state index contributed by atoms with van der Waals surface area (Å²) in [7, 11) is 0. The van der Waals surface area contributed by atoms with E-state index in [-0.39, 0.29) is 24.0 Å². The molecule has 144 valence electrons. The Morgan fingerprint density at radius 1 is 1.19 bits per heavy atom. The van der Waals surface area contributed by atoms with Crippen molar-refractivity contribution in [1.82, 2.24) is 25.4 Å². The average molecular weight is 472 g/mol. The van der Waals surface area contributed by atoms with Crippen LogP contribution in [-0.2, 0) is 24.3 Å². The molecule has 2 aromatic rings. The molecule has 1 aromatic heterocycles. The van der Waals surface area contributed by atoms with Gasteiger partial charge in [0.1, 0.15) is 12.2 Å². The van der Waals surface area contributed by atoms with Gasteiger partial charge in [0.15, 0.2) is 5.96 Å². The number of aryl methyl sites for hydroxylation is 1. The maximum atomic E-state index is 5.66. The summed E-state index contributed by atoms with van der Waals surface area (Å²) in [5.74, 6) is 1.80. The third-order valence-electron chi connectivity index (χ3n) is 3.62. The molecule has 0 aliphatic rings. The zero-order valence-corrected chi connectivity index (χ0v) is 17.8. The summed E-state index contributed by atoms with van der Waals surface area (Å²) in [6.07, 6.45) is 2.65. The van der Waals surface area contributed by atoms with Crippen LogP contribution in [0.2, 0.25) is 0 Å². The van der Waals surface area contributed by atoms with Crippen LogP contribution >= 0.6 is 24.0 Å². The molecule has 0 saturated carbocycles. The lowest BCUT2D eigenvalue weighted by Crippen LogP contribution is -2.39. The highest BCUT2D eigenvalue weighted by molar-refractivity contribution is 14.0. The van der Waals surface area contributed by atoms with E-state index >= 15 is 0 Å². The van der Waals surface area contributed by atoms with Crippen LogP contribution in [0.1, 0.15) is 25.2 Å². The standard InChI is InChI=1S/C18H28N6O.HI/c1-3-17-23-22-15-24(17)12-10-20-18(19-4-2)21-11-13-25-14-16-8-6-5-7-9-16;/h5-9,15H,3-4,10-14H2,1-2H3,(H2,19,20,21);1H. The fourth-order valence-corrected chi connectivity index (χ4v) is 2.36. The number of nitrogens with one attached hydrogen (secondary N) is 2. The lowest BCUT2D eigenvalue weighted by molar-refractivity contribution is 0.128. The minimum absolute atomic E-state index is 0. The molecule has 0 fully saturated rings. The molecule has 26 heavy (non-hydrogen) atoms. The molecule has 0 unspecified atom stereocenters. The maximum Gasteiger partial charge on any atom is 0.191 e. The van der Waals surface area contributed by atoms with Crippen LogP contribution in [-0.4, -0.2) is 47.0 Å². The Hall–Kier alpha value is -1.68. The molecule has 0 radical (unpaired) electrons. The minimum Gasteiger partial charge on any atom is -0.375 e. The number of guanidine groups is 1. The van der Waals surface area contributed by atoms with Gasteiger partial charge in [-0.2, -0.15) is 0 Å². The lowest BCUT2D eigenvalue weighted by Gasteiger charge is -2.12. The normalized spacial score (nSPS) is 11.1. The second-order valence-electron chi connectivity index (χ2n) is 5.52. The Balaban J connectivity index is 0.00000338. The number of nitrogens with zero attached hydrogens (tertiary/aromatic N) is 4.